The highest BCUT2D eigenvalue weighted by Gasteiger charge is 2.34. The smallest absolute Gasteiger partial charge is 0.253 e. The summed E-state index contributed by atoms with van der Waals surface area (Å²) in [5, 5.41) is 5.38. The van der Waals surface area contributed by atoms with E-state index in [9.17, 15) is 19.2 Å². The van der Waals surface area contributed by atoms with Gasteiger partial charge in [0.1, 0.15) is 0 Å². The van der Waals surface area contributed by atoms with Crippen molar-refractivity contribution in [1.82, 2.24) is 10.2 Å². The third-order valence-electron chi connectivity index (χ3n) is 5.79. The van der Waals surface area contributed by atoms with Gasteiger partial charge in [-0.1, -0.05) is 18.2 Å². The van der Waals surface area contributed by atoms with Gasteiger partial charge in [0.05, 0.1) is 31.4 Å². The van der Waals surface area contributed by atoms with Gasteiger partial charge in [-0.3, -0.25) is 19.2 Å². The molecular formula is C25H30N4O6. The molecule has 1 aliphatic rings. The van der Waals surface area contributed by atoms with E-state index in [4.69, 9.17) is 15.2 Å². The molecule has 0 aromatic heterocycles. The summed E-state index contributed by atoms with van der Waals surface area (Å²) >= 11 is 0. The molecule has 1 unspecified atom stereocenters. The molecule has 0 aliphatic carbocycles. The molecule has 2 aromatic carbocycles. The molecule has 186 valence electrons. The highest BCUT2D eigenvalue weighted by atomic mass is 16.5. The Morgan fingerprint density at radius 1 is 1.09 bits per heavy atom. The minimum atomic E-state index is -0.529. The third kappa shape index (κ3) is 6.72. The van der Waals surface area contributed by atoms with Crippen molar-refractivity contribution in [2.24, 2.45) is 11.7 Å². The number of hydrogen-bond donors (Lipinski definition) is 3. The van der Waals surface area contributed by atoms with Crippen LogP contribution in [0.15, 0.2) is 42.5 Å². The highest BCUT2D eigenvalue weighted by Crippen LogP contribution is 2.28. The number of rotatable bonds is 11. The molecule has 2 aromatic rings. The number of ether oxygens (including phenoxy) is 2. The Morgan fingerprint density at radius 3 is 2.54 bits per heavy atom. The number of anilines is 1. The van der Waals surface area contributed by atoms with E-state index < -0.39 is 17.7 Å². The number of likely N-dealkylation sites (tertiary alicyclic amines) is 1. The summed E-state index contributed by atoms with van der Waals surface area (Å²) in [6.45, 7) is 0.866. The van der Waals surface area contributed by atoms with Gasteiger partial charge in [0.25, 0.3) is 5.91 Å². The van der Waals surface area contributed by atoms with Gasteiger partial charge >= 0.3 is 0 Å². The maximum atomic E-state index is 12.9. The maximum Gasteiger partial charge on any atom is 0.253 e. The Morgan fingerprint density at radius 2 is 1.83 bits per heavy atom. The molecule has 1 saturated heterocycles. The van der Waals surface area contributed by atoms with Gasteiger partial charge in [0, 0.05) is 32.5 Å². The molecule has 4 N–H and O–H groups in total. The number of primary amides is 1. The summed E-state index contributed by atoms with van der Waals surface area (Å²) < 4.78 is 10.6. The number of methoxy groups -OCH3 is 2. The molecule has 35 heavy (non-hydrogen) atoms. The van der Waals surface area contributed by atoms with E-state index in [0.717, 1.165) is 5.56 Å². The van der Waals surface area contributed by atoms with Gasteiger partial charge in [0.2, 0.25) is 17.7 Å². The number of para-hydroxylation sites is 1. The van der Waals surface area contributed by atoms with E-state index in [2.05, 4.69) is 10.6 Å². The fourth-order valence-electron chi connectivity index (χ4n) is 3.88. The molecule has 1 fully saturated rings. The molecule has 1 heterocycles. The van der Waals surface area contributed by atoms with Crippen molar-refractivity contribution in [3.8, 4) is 11.5 Å². The van der Waals surface area contributed by atoms with E-state index in [1.54, 1.807) is 43.4 Å². The topological polar surface area (TPSA) is 140 Å². The van der Waals surface area contributed by atoms with Crippen molar-refractivity contribution in [2.45, 2.75) is 19.3 Å². The van der Waals surface area contributed by atoms with Crippen molar-refractivity contribution in [3.05, 3.63) is 53.6 Å². The first-order valence-electron chi connectivity index (χ1n) is 11.3. The molecule has 0 saturated carbocycles. The van der Waals surface area contributed by atoms with Crippen LogP contribution < -0.4 is 25.8 Å². The lowest BCUT2D eigenvalue weighted by atomic mass is 10.1. The zero-order valence-electron chi connectivity index (χ0n) is 19.8. The Labute approximate surface area is 203 Å². The van der Waals surface area contributed by atoms with Gasteiger partial charge in [-0.2, -0.15) is 0 Å². The molecule has 1 aliphatic heterocycles. The second kappa shape index (κ2) is 11.9. The van der Waals surface area contributed by atoms with Crippen molar-refractivity contribution >= 4 is 29.3 Å². The number of nitrogens with zero attached hydrogens (tertiary/aromatic N) is 1. The van der Waals surface area contributed by atoms with E-state index in [-0.39, 0.29) is 36.8 Å². The second-order valence-corrected chi connectivity index (χ2v) is 8.19. The summed E-state index contributed by atoms with van der Waals surface area (Å²) in [6, 6.07) is 12.2. The number of benzene rings is 2. The third-order valence-corrected chi connectivity index (χ3v) is 5.79. The maximum absolute atomic E-state index is 12.9. The van der Waals surface area contributed by atoms with Gasteiger partial charge in [-0.05, 0) is 36.2 Å². The van der Waals surface area contributed by atoms with E-state index in [0.29, 0.717) is 36.7 Å². The zero-order chi connectivity index (χ0) is 25.4. The van der Waals surface area contributed by atoms with Crippen molar-refractivity contribution < 1.29 is 28.7 Å². The van der Waals surface area contributed by atoms with Crippen LogP contribution in [-0.2, 0) is 20.8 Å². The number of carbonyl (C=O) groups excluding carboxylic acids is 4. The minimum absolute atomic E-state index is 0.0175. The average Bonchev–Trinajstić information content (AvgIpc) is 3.23. The van der Waals surface area contributed by atoms with Crippen LogP contribution in [0.1, 0.15) is 28.8 Å². The summed E-state index contributed by atoms with van der Waals surface area (Å²) in [4.78, 5) is 50.5. The van der Waals surface area contributed by atoms with Crippen LogP contribution in [0.25, 0.3) is 0 Å². The molecule has 3 rings (SSSR count). The van der Waals surface area contributed by atoms with Gasteiger partial charge in [-0.25, -0.2) is 0 Å². The largest absolute Gasteiger partial charge is 0.493 e. The van der Waals surface area contributed by atoms with Crippen LogP contribution >= 0.6 is 0 Å². The number of nitrogens with one attached hydrogen (secondary N) is 2. The fraction of sp³-hybridized carbons (Fsp3) is 0.360. The molecule has 10 heteroatoms. The van der Waals surface area contributed by atoms with Gasteiger partial charge < -0.3 is 30.7 Å². The van der Waals surface area contributed by atoms with Crippen molar-refractivity contribution in [3.63, 3.8) is 0 Å². The van der Waals surface area contributed by atoms with Gasteiger partial charge in [-0.15, -0.1) is 0 Å². The highest BCUT2D eigenvalue weighted by molar-refractivity contribution is 6.05. The van der Waals surface area contributed by atoms with Crippen LogP contribution in [0.4, 0.5) is 5.69 Å². The monoisotopic (exact) mass is 482 g/mol. The van der Waals surface area contributed by atoms with Crippen molar-refractivity contribution in [2.75, 3.05) is 39.2 Å². The molecule has 1 atom stereocenters. The Balaban J connectivity index is 1.58. The van der Waals surface area contributed by atoms with Crippen LogP contribution in [0.3, 0.4) is 0 Å². The van der Waals surface area contributed by atoms with E-state index in [1.165, 1.54) is 0 Å². The number of carbonyl (C=O) groups is 4. The van der Waals surface area contributed by atoms with Crippen LogP contribution in [0.5, 0.6) is 11.5 Å². The minimum Gasteiger partial charge on any atom is -0.493 e. The van der Waals surface area contributed by atoms with Crippen LogP contribution in [-0.4, -0.2) is 62.4 Å². The first-order valence-corrected chi connectivity index (χ1v) is 11.3. The predicted octanol–water partition coefficient (Wildman–Crippen LogP) is 1.34. The van der Waals surface area contributed by atoms with E-state index in [1.807, 2.05) is 18.2 Å². The summed E-state index contributed by atoms with van der Waals surface area (Å²) in [6.07, 6.45) is 0.725. The second-order valence-electron chi connectivity index (χ2n) is 8.19. The lowest BCUT2D eigenvalue weighted by Crippen LogP contribution is -2.31. The Hall–Kier alpha value is -4.08. The molecular weight excluding hydrogens is 452 g/mol. The first kappa shape index (κ1) is 25.5. The molecule has 0 radical (unpaired) electrons. The van der Waals surface area contributed by atoms with E-state index >= 15 is 0 Å². The average molecular weight is 483 g/mol. The van der Waals surface area contributed by atoms with Crippen molar-refractivity contribution in [1.29, 1.82) is 0 Å². The van der Waals surface area contributed by atoms with Crippen LogP contribution in [0, 0.1) is 5.92 Å². The van der Waals surface area contributed by atoms with Crippen LogP contribution in [0.2, 0.25) is 0 Å². The molecule has 0 bridgehead atoms. The first-order chi connectivity index (χ1) is 16.8. The number of hydrogen-bond acceptors (Lipinski definition) is 6. The standard InChI is InChI=1S/C25H30N4O6/c1-34-20-8-7-16(13-21(20)35-2)10-12-29-15-17(14-23(29)31)24(32)28-19-6-4-3-5-18(19)25(33)27-11-9-22(26)30/h3-8,13,17H,9-12,14-15H2,1-2H3,(H2,26,30)(H,27,33)(H,28,32). The van der Waals surface area contributed by atoms with Gasteiger partial charge in [0.15, 0.2) is 11.5 Å². The zero-order valence-corrected chi connectivity index (χ0v) is 19.8. The predicted molar refractivity (Wildman–Crippen MR) is 129 cm³/mol. The number of amides is 4. The quantitative estimate of drug-likeness (QED) is 0.442. The Kier molecular flexibility index (Phi) is 8.66. The fourth-order valence-corrected chi connectivity index (χ4v) is 3.88. The number of nitrogens with two attached hydrogens (primary N) is 1. The molecule has 0 spiro atoms. The lowest BCUT2D eigenvalue weighted by molar-refractivity contribution is -0.128. The summed E-state index contributed by atoms with van der Waals surface area (Å²) in [5.74, 6) is -0.652. The summed E-state index contributed by atoms with van der Waals surface area (Å²) in [7, 11) is 3.14. The molecule has 4 amide bonds. The lowest BCUT2D eigenvalue weighted by Gasteiger charge is -2.17. The SMILES string of the molecule is COc1ccc(CCN2CC(C(=O)Nc3ccccc3C(=O)NCCC(N)=O)CC2=O)cc1OC. The normalized spacial score (nSPS) is 15.0. The molecule has 10 nitrogen and oxygen atoms in total. The summed E-state index contributed by atoms with van der Waals surface area (Å²) in [5.41, 5.74) is 6.68. The Bertz CT molecular complexity index is 1100.